The van der Waals surface area contributed by atoms with E-state index in [1.807, 2.05) is 6.92 Å². The summed E-state index contributed by atoms with van der Waals surface area (Å²) in [7, 11) is 0. The van der Waals surface area contributed by atoms with Gasteiger partial charge in [0.1, 0.15) is 5.52 Å². The number of aliphatic hydroxyl groups is 1. The van der Waals surface area contributed by atoms with Crippen LogP contribution in [0.25, 0.3) is 11.0 Å². The molecule has 2 rings (SSSR count). The predicted molar refractivity (Wildman–Crippen MR) is 64.5 cm³/mol. The molecular weight excluding hydrogens is 220 g/mol. The highest BCUT2D eigenvalue weighted by atomic mass is 16.3. The van der Waals surface area contributed by atoms with Crippen LogP contribution in [-0.2, 0) is 13.1 Å². The zero-order valence-corrected chi connectivity index (χ0v) is 9.68. The maximum absolute atomic E-state index is 12.1. The van der Waals surface area contributed by atoms with Crippen molar-refractivity contribution in [2.45, 2.75) is 20.0 Å². The molecule has 92 valence electrons. The number of hydrogen-bond donors (Lipinski definition) is 3. The van der Waals surface area contributed by atoms with Crippen molar-refractivity contribution < 1.29 is 5.11 Å². The number of nitrogens with two attached hydrogens (primary N) is 1. The summed E-state index contributed by atoms with van der Waals surface area (Å²) in [6.45, 7) is 2.72. The number of hydrogen-bond acceptors (Lipinski definition) is 4. The van der Waals surface area contributed by atoms with Crippen LogP contribution in [0, 0.1) is 5.92 Å². The van der Waals surface area contributed by atoms with Crippen molar-refractivity contribution in [3.8, 4) is 0 Å². The van der Waals surface area contributed by atoms with Gasteiger partial charge >= 0.3 is 0 Å². The van der Waals surface area contributed by atoms with Crippen LogP contribution in [0.4, 0.5) is 0 Å². The van der Waals surface area contributed by atoms with Crippen molar-refractivity contribution in [3.63, 3.8) is 0 Å². The highest BCUT2D eigenvalue weighted by Crippen LogP contribution is 2.11. The van der Waals surface area contributed by atoms with Gasteiger partial charge in [0.2, 0.25) is 0 Å². The van der Waals surface area contributed by atoms with Gasteiger partial charge in [0, 0.05) is 31.5 Å². The largest absolute Gasteiger partial charge is 0.396 e. The first-order chi connectivity index (χ1) is 8.17. The maximum atomic E-state index is 12.1. The molecule has 2 aromatic rings. The first-order valence-corrected chi connectivity index (χ1v) is 5.53. The van der Waals surface area contributed by atoms with E-state index in [0.717, 1.165) is 5.56 Å². The normalized spacial score (nSPS) is 13.1. The van der Waals surface area contributed by atoms with Crippen molar-refractivity contribution in [1.29, 1.82) is 0 Å². The molecule has 17 heavy (non-hydrogen) atoms. The summed E-state index contributed by atoms with van der Waals surface area (Å²) >= 11 is 0. The van der Waals surface area contributed by atoms with Crippen molar-refractivity contribution in [1.82, 2.24) is 14.5 Å². The van der Waals surface area contributed by atoms with Crippen molar-refractivity contribution in [2.75, 3.05) is 6.61 Å². The van der Waals surface area contributed by atoms with E-state index in [-0.39, 0.29) is 18.1 Å². The molecule has 6 nitrogen and oxygen atoms in total. The molecule has 2 aromatic heterocycles. The minimum atomic E-state index is -0.130. The molecule has 0 aliphatic carbocycles. The zero-order valence-electron chi connectivity index (χ0n) is 9.68. The fraction of sp³-hybridized carbons (Fsp3) is 0.455. The van der Waals surface area contributed by atoms with Crippen LogP contribution in [0.5, 0.6) is 0 Å². The molecule has 6 heteroatoms. The number of rotatable bonds is 4. The van der Waals surface area contributed by atoms with Crippen molar-refractivity contribution >= 4 is 11.0 Å². The van der Waals surface area contributed by atoms with E-state index in [1.165, 1.54) is 10.9 Å². The molecule has 0 amide bonds. The minimum Gasteiger partial charge on any atom is -0.396 e. The summed E-state index contributed by atoms with van der Waals surface area (Å²) in [4.78, 5) is 19.2. The molecule has 1 atom stereocenters. The Morgan fingerprint density at radius 2 is 2.41 bits per heavy atom. The number of aliphatic hydroxyl groups excluding tert-OH is 1. The summed E-state index contributed by atoms with van der Waals surface area (Å²) in [5, 5.41) is 8.98. The Morgan fingerprint density at radius 3 is 3.06 bits per heavy atom. The number of nitrogens with one attached hydrogen (secondary N) is 1. The molecule has 0 saturated carbocycles. The molecule has 0 aliphatic heterocycles. The monoisotopic (exact) mass is 236 g/mol. The summed E-state index contributed by atoms with van der Waals surface area (Å²) in [5.41, 5.74) is 7.35. The summed E-state index contributed by atoms with van der Waals surface area (Å²) < 4.78 is 1.50. The standard InChI is InChI=1S/C11H16N4O2/c1-7(5-16)4-15-6-14-9-8(2-12)3-13-10(9)11(15)17/h3,6-7,13,16H,2,4-5,12H2,1H3/t7-/m1/s1. The average molecular weight is 236 g/mol. The van der Waals surface area contributed by atoms with E-state index in [9.17, 15) is 4.79 Å². The molecule has 2 heterocycles. The smallest absolute Gasteiger partial charge is 0.277 e. The number of fused-ring (bicyclic) bond motifs is 1. The lowest BCUT2D eigenvalue weighted by Crippen LogP contribution is -2.24. The minimum absolute atomic E-state index is 0.0240. The van der Waals surface area contributed by atoms with Gasteiger partial charge in [-0.2, -0.15) is 0 Å². The summed E-state index contributed by atoms with van der Waals surface area (Å²) in [5.74, 6) is 0.0240. The SMILES string of the molecule is C[C@@H](CO)Cn1cnc2c(CN)c[nH]c2c1=O. The van der Waals surface area contributed by atoms with E-state index >= 15 is 0 Å². The van der Waals surface area contributed by atoms with Gasteiger partial charge in [0.05, 0.1) is 11.8 Å². The predicted octanol–water partition coefficient (Wildman–Crippen LogP) is -0.188. The Labute approximate surface area is 98.1 Å². The molecule has 0 aromatic carbocycles. The molecule has 0 saturated heterocycles. The second-order valence-corrected chi connectivity index (χ2v) is 4.23. The molecule has 0 radical (unpaired) electrons. The van der Waals surface area contributed by atoms with Crippen LogP contribution in [0.15, 0.2) is 17.3 Å². The van der Waals surface area contributed by atoms with Gasteiger partial charge in [-0.25, -0.2) is 4.98 Å². The number of H-pyrrole nitrogens is 1. The Kier molecular flexibility index (Phi) is 3.26. The van der Waals surface area contributed by atoms with Crippen molar-refractivity contribution in [2.24, 2.45) is 11.7 Å². The molecule has 0 spiro atoms. The molecule has 0 unspecified atom stereocenters. The molecular formula is C11H16N4O2. The highest BCUT2D eigenvalue weighted by molar-refractivity contribution is 5.77. The third kappa shape index (κ3) is 2.09. The second-order valence-electron chi connectivity index (χ2n) is 4.23. The van der Waals surface area contributed by atoms with E-state index in [0.29, 0.717) is 24.1 Å². The van der Waals surface area contributed by atoms with Crippen LogP contribution >= 0.6 is 0 Å². The van der Waals surface area contributed by atoms with Gasteiger partial charge < -0.3 is 15.8 Å². The average Bonchev–Trinajstić information content (AvgIpc) is 2.76. The third-order valence-corrected chi connectivity index (χ3v) is 2.77. The lowest BCUT2D eigenvalue weighted by molar-refractivity contribution is 0.221. The van der Waals surface area contributed by atoms with Crippen LogP contribution in [0.3, 0.4) is 0 Å². The van der Waals surface area contributed by atoms with Crippen LogP contribution in [0.1, 0.15) is 12.5 Å². The topological polar surface area (TPSA) is 96.9 Å². The van der Waals surface area contributed by atoms with Crippen LogP contribution < -0.4 is 11.3 Å². The summed E-state index contributed by atoms with van der Waals surface area (Å²) in [6.07, 6.45) is 3.21. The molecule has 0 aliphatic rings. The van der Waals surface area contributed by atoms with Gasteiger partial charge in [-0.15, -0.1) is 0 Å². The quantitative estimate of drug-likeness (QED) is 0.685. The Bertz CT molecular complexity index is 572. The van der Waals surface area contributed by atoms with Crippen molar-refractivity contribution in [3.05, 3.63) is 28.4 Å². The fourth-order valence-electron chi connectivity index (χ4n) is 1.77. The van der Waals surface area contributed by atoms with Gasteiger partial charge in [-0.05, 0) is 5.92 Å². The first-order valence-electron chi connectivity index (χ1n) is 5.53. The second kappa shape index (κ2) is 4.68. The lowest BCUT2D eigenvalue weighted by atomic mass is 10.2. The molecule has 0 bridgehead atoms. The van der Waals surface area contributed by atoms with Crippen LogP contribution in [0.2, 0.25) is 0 Å². The van der Waals surface area contributed by atoms with Gasteiger partial charge in [-0.1, -0.05) is 6.92 Å². The van der Waals surface area contributed by atoms with Crippen LogP contribution in [-0.4, -0.2) is 26.2 Å². The lowest BCUT2D eigenvalue weighted by Gasteiger charge is -2.09. The Morgan fingerprint density at radius 1 is 1.65 bits per heavy atom. The van der Waals surface area contributed by atoms with Gasteiger partial charge in [-0.3, -0.25) is 9.36 Å². The maximum Gasteiger partial charge on any atom is 0.277 e. The fourth-order valence-corrected chi connectivity index (χ4v) is 1.77. The highest BCUT2D eigenvalue weighted by Gasteiger charge is 2.10. The number of aromatic nitrogens is 3. The molecule has 4 N–H and O–H groups in total. The number of nitrogens with zero attached hydrogens (tertiary/aromatic N) is 2. The van der Waals surface area contributed by atoms with Gasteiger partial charge in [0.25, 0.3) is 5.56 Å². The first kappa shape index (κ1) is 11.8. The molecule has 0 fully saturated rings. The third-order valence-electron chi connectivity index (χ3n) is 2.77. The summed E-state index contributed by atoms with van der Waals surface area (Å²) in [6, 6.07) is 0. The Balaban J connectivity index is 2.48. The Hall–Kier alpha value is -1.66. The van der Waals surface area contributed by atoms with Gasteiger partial charge in [0.15, 0.2) is 0 Å². The van der Waals surface area contributed by atoms with E-state index < -0.39 is 0 Å². The number of aromatic amines is 1. The van der Waals surface area contributed by atoms with E-state index in [2.05, 4.69) is 9.97 Å². The van der Waals surface area contributed by atoms with E-state index in [4.69, 9.17) is 10.8 Å². The zero-order chi connectivity index (χ0) is 12.4. The van der Waals surface area contributed by atoms with E-state index in [1.54, 1.807) is 6.20 Å².